The summed E-state index contributed by atoms with van der Waals surface area (Å²) in [5.74, 6) is -0.283. The van der Waals surface area contributed by atoms with Crippen molar-refractivity contribution in [3.8, 4) is 0 Å². The zero-order valence-corrected chi connectivity index (χ0v) is 12.5. The zero-order valence-electron chi connectivity index (χ0n) is 12.5. The third-order valence-electron chi connectivity index (χ3n) is 3.31. The molecule has 0 heterocycles. The highest BCUT2D eigenvalue weighted by molar-refractivity contribution is 5.94. The molecule has 0 aliphatic carbocycles. The first-order valence-electron chi connectivity index (χ1n) is 6.78. The number of anilines is 1. The molecule has 110 valence electrons. The molecular weight excluding hydrogens is 267 g/mol. The van der Waals surface area contributed by atoms with Crippen molar-refractivity contribution in [1.82, 2.24) is 4.90 Å². The summed E-state index contributed by atoms with van der Waals surface area (Å²) in [7, 11) is 3.44. The first-order valence-corrected chi connectivity index (χ1v) is 6.78. The van der Waals surface area contributed by atoms with Gasteiger partial charge in [-0.15, -0.1) is 0 Å². The van der Waals surface area contributed by atoms with Gasteiger partial charge in [-0.2, -0.15) is 0 Å². The number of halogens is 1. The van der Waals surface area contributed by atoms with Gasteiger partial charge in [0.15, 0.2) is 0 Å². The molecule has 2 aromatic carbocycles. The molecule has 2 aromatic rings. The number of carbonyl (C=O) groups excluding carboxylic acids is 1. The fourth-order valence-corrected chi connectivity index (χ4v) is 2.05. The molecule has 0 fully saturated rings. The van der Waals surface area contributed by atoms with E-state index in [-0.39, 0.29) is 11.7 Å². The molecule has 0 radical (unpaired) electrons. The molecule has 0 saturated carbocycles. The number of hydrogen-bond acceptors (Lipinski definition) is 2. The van der Waals surface area contributed by atoms with Crippen LogP contribution in [0.5, 0.6) is 0 Å². The highest BCUT2D eigenvalue weighted by Gasteiger charge is 2.08. The first-order chi connectivity index (χ1) is 9.97. The van der Waals surface area contributed by atoms with Crippen LogP contribution in [0.1, 0.15) is 21.5 Å². The molecule has 1 N–H and O–H groups in total. The zero-order chi connectivity index (χ0) is 15.4. The summed E-state index contributed by atoms with van der Waals surface area (Å²) in [4.78, 5) is 13.5. The Morgan fingerprint density at radius 1 is 1.19 bits per heavy atom. The summed E-state index contributed by atoms with van der Waals surface area (Å²) < 4.78 is 13.3. The average Bonchev–Trinajstić information content (AvgIpc) is 2.47. The van der Waals surface area contributed by atoms with Gasteiger partial charge in [0.05, 0.1) is 0 Å². The van der Waals surface area contributed by atoms with Gasteiger partial charge in [-0.3, -0.25) is 4.79 Å². The van der Waals surface area contributed by atoms with Gasteiger partial charge in [0.1, 0.15) is 5.82 Å². The maximum atomic E-state index is 13.3. The Morgan fingerprint density at radius 2 is 1.95 bits per heavy atom. The molecule has 2 rings (SSSR count). The Balaban J connectivity index is 2.12. The quantitative estimate of drug-likeness (QED) is 0.933. The summed E-state index contributed by atoms with van der Waals surface area (Å²) in [6.07, 6.45) is 0. The molecule has 0 aromatic heterocycles. The Labute approximate surface area is 124 Å². The van der Waals surface area contributed by atoms with E-state index in [0.29, 0.717) is 12.1 Å². The second-order valence-corrected chi connectivity index (χ2v) is 5.20. The van der Waals surface area contributed by atoms with E-state index in [1.165, 1.54) is 17.0 Å². The van der Waals surface area contributed by atoms with Gasteiger partial charge in [-0.25, -0.2) is 4.39 Å². The second-order valence-electron chi connectivity index (χ2n) is 5.20. The van der Waals surface area contributed by atoms with Crippen LogP contribution in [0.15, 0.2) is 42.5 Å². The van der Waals surface area contributed by atoms with Crippen LogP contribution in [-0.2, 0) is 6.54 Å². The summed E-state index contributed by atoms with van der Waals surface area (Å²) >= 11 is 0. The molecule has 0 unspecified atom stereocenters. The van der Waals surface area contributed by atoms with E-state index in [1.807, 2.05) is 19.1 Å². The number of hydrogen-bond donors (Lipinski definition) is 1. The van der Waals surface area contributed by atoms with E-state index in [9.17, 15) is 9.18 Å². The van der Waals surface area contributed by atoms with Crippen LogP contribution < -0.4 is 5.32 Å². The van der Waals surface area contributed by atoms with Gasteiger partial charge in [0.25, 0.3) is 5.91 Å². The number of nitrogens with zero attached hydrogens (tertiary/aromatic N) is 1. The lowest BCUT2D eigenvalue weighted by molar-refractivity contribution is 0.0827. The minimum atomic E-state index is -0.242. The van der Waals surface area contributed by atoms with Gasteiger partial charge in [0.2, 0.25) is 0 Å². The van der Waals surface area contributed by atoms with E-state index in [2.05, 4.69) is 5.32 Å². The predicted octanol–water partition coefficient (Wildman–Crippen LogP) is 3.45. The Kier molecular flexibility index (Phi) is 4.58. The molecule has 4 heteroatoms. The molecule has 0 aliphatic heterocycles. The van der Waals surface area contributed by atoms with Crippen molar-refractivity contribution in [3.05, 3.63) is 65.0 Å². The van der Waals surface area contributed by atoms with Gasteiger partial charge < -0.3 is 10.2 Å². The summed E-state index contributed by atoms with van der Waals surface area (Å²) in [6.45, 7) is 2.46. The fourth-order valence-electron chi connectivity index (χ4n) is 2.05. The Hall–Kier alpha value is -2.36. The number of carbonyl (C=O) groups is 1. The number of amides is 1. The van der Waals surface area contributed by atoms with Crippen LogP contribution in [0, 0.1) is 12.7 Å². The summed E-state index contributed by atoms with van der Waals surface area (Å²) in [5, 5.41) is 3.23. The summed E-state index contributed by atoms with van der Waals surface area (Å²) in [6, 6.07) is 12.0. The lowest BCUT2D eigenvalue weighted by Crippen LogP contribution is -2.21. The normalized spacial score (nSPS) is 10.3. The van der Waals surface area contributed by atoms with Crippen LogP contribution in [0.25, 0.3) is 0 Å². The van der Waals surface area contributed by atoms with Crippen LogP contribution >= 0.6 is 0 Å². The smallest absolute Gasteiger partial charge is 0.253 e. The topological polar surface area (TPSA) is 32.3 Å². The van der Waals surface area contributed by atoms with E-state index in [1.54, 1.807) is 32.3 Å². The standard InChI is InChI=1S/C17H19FN2O/c1-12-7-8-15(18)9-14(12)11-19-16-6-4-5-13(10-16)17(21)20(2)3/h4-10,19H,11H2,1-3H3. The van der Waals surface area contributed by atoms with Crippen molar-refractivity contribution in [3.63, 3.8) is 0 Å². The minimum Gasteiger partial charge on any atom is -0.381 e. The Morgan fingerprint density at radius 3 is 2.67 bits per heavy atom. The van der Waals surface area contributed by atoms with Crippen molar-refractivity contribution in [1.29, 1.82) is 0 Å². The minimum absolute atomic E-state index is 0.0411. The van der Waals surface area contributed by atoms with Gasteiger partial charge >= 0.3 is 0 Å². The van der Waals surface area contributed by atoms with Crippen molar-refractivity contribution in [2.75, 3.05) is 19.4 Å². The van der Waals surface area contributed by atoms with E-state index >= 15 is 0 Å². The molecular formula is C17H19FN2O. The molecule has 0 bridgehead atoms. The van der Waals surface area contributed by atoms with Crippen molar-refractivity contribution < 1.29 is 9.18 Å². The van der Waals surface area contributed by atoms with E-state index in [0.717, 1.165) is 16.8 Å². The van der Waals surface area contributed by atoms with E-state index < -0.39 is 0 Å². The molecule has 21 heavy (non-hydrogen) atoms. The first kappa shape index (κ1) is 15.0. The highest BCUT2D eigenvalue weighted by Crippen LogP contribution is 2.15. The average molecular weight is 286 g/mol. The number of rotatable bonds is 4. The third-order valence-corrected chi connectivity index (χ3v) is 3.31. The fraction of sp³-hybridized carbons (Fsp3) is 0.235. The molecule has 0 aliphatic rings. The molecule has 3 nitrogen and oxygen atoms in total. The van der Waals surface area contributed by atoms with Crippen LogP contribution in [0.4, 0.5) is 10.1 Å². The maximum absolute atomic E-state index is 13.3. The second kappa shape index (κ2) is 6.39. The van der Waals surface area contributed by atoms with Crippen LogP contribution in [-0.4, -0.2) is 24.9 Å². The van der Waals surface area contributed by atoms with Gasteiger partial charge in [0, 0.05) is 31.9 Å². The number of nitrogens with one attached hydrogen (secondary N) is 1. The lowest BCUT2D eigenvalue weighted by Gasteiger charge is -2.13. The van der Waals surface area contributed by atoms with Gasteiger partial charge in [-0.1, -0.05) is 12.1 Å². The van der Waals surface area contributed by atoms with Crippen molar-refractivity contribution in [2.24, 2.45) is 0 Å². The Bertz CT molecular complexity index is 653. The largest absolute Gasteiger partial charge is 0.381 e. The molecule has 0 spiro atoms. The van der Waals surface area contributed by atoms with Gasteiger partial charge in [-0.05, 0) is 48.4 Å². The number of aryl methyl sites for hydroxylation is 1. The summed E-state index contributed by atoms with van der Waals surface area (Å²) in [5.41, 5.74) is 3.40. The van der Waals surface area contributed by atoms with E-state index in [4.69, 9.17) is 0 Å². The van der Waals surface area contributed by atoms with Crippen LogP contribution in [0.2, 0.25) is 0 Å². The molecule has 0 saturated heterocycles. The maximum Gasteiger partial charge on any atom is 0.253 e. The monoisotopic (exact) mass is 286 g/mol. The van der Waals surface area contributed by atoms with Crippen molar-refractivity contribution >= 4 is 11.6 Å². The highest BCUT2D eigenvalue weighted by atomic mass is 19.1. The van der Waals surface area contributed by atoms with Crippen LogP contribution in [0.3, 0.4) is 0 Å². The SMILES string of the molecule is Cc1ccc(F)cc1CNc1cccc(C(=O)N(C)C)c1. The molecule has 1 amide bonds. The third kappa shape index (κ3) is 3.81. The predicted molar refractivity (Wildman–Crippen MR) is 82.9 cm³/mol. The lowest BCUT2D eigenvalue weighted by atomic mass is 10.1. The van der Waals surface area contributed by atoms with Crippen molar-refractivity contribution in [2.45, 2.75) is 13.5 Å². The number of benzene rings is 2. The molecule has 0 atom stereocenters.